The van der Waals surface area contributed by atoms with Crippen LogP contribution >= 0.6 is 0 Å². The summed E-state index contributed by atoms with van der Waals surface area (Å²) in [5.74, 6) is 3.55. The molecule has 0 amide bonds. The van der Waals surface area contributed by atoms with Gasteiger partial charge in [-0.3, -0.25) is 9.36 Å². The number of aryl methyl sites for hydroxylation is 2. The molecular formula is C19H18N4O3. The number of benzene rings is 1. The Balaban J connectivity index is 2.26. The maximum absolute atomic E-state index is 12.7. The summed E-state index contributed by atoms with van der Waals surface area (Å²) in [6.07, 6.45) is 6.94. The van der Waals surface area contributed by atoms with Gasteiger partial charge in [-0.05, 0) is 12.1 Å². The quantitative estimate of drug-likeness (QED) is 0.514. The lowest BCUT2D eigenvalue weighted by Crippen LogP contribution is -2.39. The Hall–Kier alpha value is -3.53. The van der Waals surface area contributed by atoms with Crippen molar-refractivity contribution in [2.45, 2.75) is 6.54 Å². The molecule has 132 valence electrons. The normalized spacial score (nSPS) is 10.7. The van der Waals surface area contributed by atoms with Gasteiger partial charge in [-0.15, -0.1) is 6.42 Å². The van der Waals surface area contributed by atoms with Crippen LogP contribution in [0.2, 0.25) is 0 Å². The highest BCUT2D eigenvalue weighted by Crippen LogP contribution is 2.25. The number of nitrogens with zero attached hydrogens (tertiary/aromatic N) is 4. The number of rotatable bonds is 5. The molecule has 0 saturated carbocycles. The maximum atomic E-state index is 12.7. The van der Waals surface area contributed by atoms with E-state index in [1.807, 2.05) is 24.3 Å². The average Bonchev–Trinajstić information content (AvgIpc) is 2.99. The number of aromatic nitrogens is 4. The highest BCUT2D eigenvalue weighted by atomic mass is 16.5. The minimum Gasteiger partial charge on any atom is -0.490 e. The summed E-state index contributed by atoms with van der Waals surface area (Å²) in [5.41, 5.74) is 0.438. The second-order valence-electron chi connectivity index (χ2n) is 5.73. The molecule has 1 aromatic carbocycles. The fraction of sp³-hybridized carbons (Fsp3) is 0.211. The molecule has 0 atom stereocenters. The lowest BCUT2D eigenvalue weighted by Gasteiger charge is -2.07. The van der Waals surface area contributed by atoms with Gasteiger partial charge in [0.1, 0.15) is 18.2 Å². The second-order valence-corrected chi connectivity index (χ2v) is 5.73. The zero-order chi connectivity index (χ0) is 18.8. The third-order valence-electron chi connectivity index (χ3n) is 4.07. The Morgan fingerprint density at radius 2 is 2.08 bits per heavy atom. The molecule has 0 radical (unpaired) electrons. The summed E-state index contributed by atoms with van der Waals surface area (Å²) in [6, 6.07) is 7.34. The largest absolute Gasteiger partial charge is 0.490 e. The van der Waals surface area contributed by atoms with Crippen molar-refractivity contribution in [2.75, 3.05) is 6.61 Å². The zero-order valence-electron chi connectivity index (χ0n) is 14.6. The van der Waals surface area contributed by atoms with Crippen molar-refractivity contribution in [1.82, 2.24) is 18.7 Å². The van der Waals surface area contributed by atoms with Crippen molar-refractivity contribution in [3.8, 4) is 29.5 Å². The third kappa shape index (κ3) is 2.71. The highest BCUT2D eigenvalue weighted by molar-refractivity contribution is 5.77. The van der Waals surface area contributed by atoms with E-state index in [0.29, 0.717) is 29.3 Å². The number of hydrogen-bond acceptors (Lipinski definition) is 4. The van der Waals surface area contributed by atoms with Crippen LogP contribution in [0, 0.1) is 12.3 Å². The van der Waals surface area contributed by atoms with Gasteiger partial charge in [0.2, 0.25) is 0 Å². The van der Waals surface area contributed by atoms with Gasteiger partial charge in [-0.25, -0.2) is 14.3 Å². The first kappa shape index (κ1) is 17.3. The van der Waals surface area contributed by atoms with Crippen LogP contribution in [0.15, 0.2) is 46.5 Å². The van der Waals surface area contributed by atoms with Crippen LogP contribution in [0.1, 0.15) is 0 Å². The molecule has 0 aliphatic rings. The van der Waals surface area contributed by atoms with Crippen molar-refractivity contribution < 1.29 is 4.74 Å². The number of ether oxygens (including phenoxy) is 1. The van der Waals surface area contributed by atoms with E-state index in [1.54, 1.807) is 24.7 Å². The number of terminal acetylenes is 1. The maximum Gasteiger partial charge on any atom is 0.333 e. The van der Waals surface area contributed by atoms with E-state index in [4.69, 9.17) is 11.2 Å². The molecule has 7 nitrogen and oxygen atoms in total. The van der Waals surface area contributed by atoms with Gasteiger partial charge in [0, 0.05) is 19.7 Å². The van der Waals surface area contributed by atoms with Crippen molar-refractivity contribution in [3.63, 3.8) is 0 Å². The van der Waals surface area contributed by atoms with Crippen LogP contribution in [0.3, 0.4) is 0 Å². The minimum absolute atomic E-state index is 0.0904. The van der Waals surface area contributed by atoms with E-state index < -0.39 is 11.2 Å². The third-order valence-corrected chi connectivity index (χ3v) is 4.07. The molecule has 0 aliphatic heterocycles. The molecule has 0 N–H and O–H groups in total. The van der Waals surface area contributed by atoms with Gasteiger partial charge in [-0.1, -0.05) is 30.7 Å². The molecule has 0 aliphatic carbocycles. The fourth-order valence-corrected chi connectivity index (χ4v) is 2.81. The van der Waals surface area contributed by atoms with Crippen molar-refractivity contribution >= 4 is 11.2 Å². The number of fused-ring (bicyclic) bond motifs is 1. The van der Waals surface area contributed by atoms with Crippen LogP contribution in [0.4, 0.5) is 0 Å². The van der Waals surface area contributed by atoms with Gasteiger partial charge >= 0.3 is 5.69 Å². The summed E-state index contributed by atoms with van der Waals surface area (Å²) in [5, 5.41) is 0. The number of imidazole rings is 1. The van der Waals surface area contributed by atoms with E-state index in [-0.39, 0.29) is 6.54 Å². The van der Waals surface area contributed by atoms with Gasteiger partial charge in [0.15, 0.2) is 11.2 Å². The smallest absolute Gasteiger partial charge is 0.333 e. The van der Waals surface area contributed by atoms with Crippen LogP contribution < -0.4 is 16.0 Å². The topological polar surface area (TPSA) is 71.1 Å². The van der Waals surface area contributed by atoms with Crippen LogP contribution in [-0.4, -0.2) is 25.3 Å². The monoisotopic (exact) mass is 350 g/mol. The van der Waals surface area contributed by atoms with Gasteiger partial charge in [0.25, 0.3) is 5.56 Å². The van der Waals surface area contributed by atoms with Gasteiger partial charge in [0.05, 0.1) is 6.54 Å². The SMILES string of the molecule is C#CCn1c(=O)c2c(nc(-c3cccc(OCC=C)c3)n2C)n(C)c1=O. The Morgan fingerprint density at radius 1 is 1.31 bits per heavy atom. The standard InChI is InChI=1S/C19H18N4O3/c1-5-10-23-18(24)15-17(22(4)19(23)25)20-16(21(15)3)13-8-7-9-14(12-13)26-11-6-2/h1,6-9,12H,2,10-11H2,3-4H3. The van der Waals surface area contributed by atoms with E-state index in [1.165, 1.54) is 4.57 Å². The molecule has 0 bridgehead atoms. The zero-order valence-corrected chi connectivity index (χ0v) is 14.6. The predicted octanol–water partition coefficient (Wildman–Crippen LogP) is 1.30. The molecule has 3 rings (SSSR count). The van der Waals surface area contributed by atoms with Crippen molar-refractivity contribution in [3.05, 3.63) is 57.8 Å². The predicted molar refractivity (Wildman–Crippen MR) is 100 cm³/mol. The molecular weight excluding hydrogens is 332 g/mol. The average molecular weight is 350 g/mol. The van der Waals surface area contributed by atoms with Crippen LogP contribution in [0.5, 0.6) is 5.75 Å². The van der Waals surface area contributed by atoms with E-state index in [2.05, 4.69) is 17.5 Å². The van der Waals surface area contributed by atoms with Crippen molar-refractivity contribution in [2.24, 2.45) is 14.1 Å². The molecule has 0 saturated heterocycles. The molecule has 3 aromatic rings. The summed E-state index contributed by atoms with van der Waals surface area (Å²) >= 11 is 0. The second kappa shape index (κ2) is 6.76. The van der Waals surface area contributed by atoms with Gasteiger partial charge in [-0.2, -0.15) is 0 Å². The molecule has 0 fully saturated rings. The fourth-order valence-electron chi connectivity index (χ4n) is 2.81. The molecule has 7 heteroatoms. The van der Waals surface area contributed by atoms with Crippen LogP contribution in [-0.2, 0) is 20.6 Å². The Labute approximate surface area is 149 Å². The first-order chi connectivity index (χ1) is 12.5. The molecule has 2 heterocycles. The molecule has 0 unspecified atom stereocenters. The van der Waals surface area contributed by atoms with E-state index in [0.717, 1.165) is 10.1 Å². The first-order valence-corrected chi connectivity index (χ1v) is 7.93. The van der Waals surface area contributed by atoms with E-state index >= 15 is 0 Å². The van der Waals surface area contributed by atoms with Crippen LogP contribution in [0.25, 0.3) is 22.6 Å². The Kier molecular flexibility index (Phi) is 4.50. The Bertz CT molecular complexity index is 1160. The van der Waals surface area contributed by atoms with E-state index in [9.17, 15) is 9.59 Å². The summed E-state index contributed by atoms with van der Waals surface area (Å²) < 4.78 is 9.57. The lowest BCUT2D eigenvalue weighted by atomic mass is 10.2. The minimum atomic E-state index is -0.492. The van der Waals surface area contributed by atoms with Gasteiger partial charge < -0.3 is 9.30 Å². The highest BCUT2D eigenvalue weighted by Gasteiger charge is 2.19. The lowest BCUT2D eigenvalue weighted by molar-refractivity contribution is 0.363. The molecule has 2 aromatic heterocycles. The summed E-state index contributed by atoms with van der Waals surface area (Å²) in [7, 11) is 3.30. The first-order valence-electron chi connectivity index (χ1n) is 7.93. The number of hydrogen-bond donors (Lipinski definition) is 0. The molecule has 26 heavy (non-hydrogen) atoms. The molecule has 0 spiro atoms. The van der Waals surface area contributed by atoms with Crippen molar-refractivity contribution in [1.29, 1.82) is 0 Å². The summed E-state index contributed by atoms with van der Waals surface area (Å²) in [6.45, 7) is 3.92. The Morgan fingerprint density at radius 3 is 2.77 bits per heavy atom. The summed E-state index contributed by atoms with van der Waals surface area (Å²) in [4.78, 5) is 29.6.